The summed E-state index contributed by atoms with van der Waals surface area (Å²) in [6.45, 7) is 6.45. The number of nitrogen functional groups attached to an aromatic ring is 1. The Morgan fingerprint density at radius 1 is 1.30 bits per heavy atom. The molecule has 1 aromatic carbocycles. The van der Waals surface area contributed by atoms with Crippen LogP contribution in [-0.2, 0) is 0 Å². The number of hydrogen-bond acceptors (Lipinski definition) is 3. The molecule has 1 amide bonds. The van der Waals surface area contributed by atoms with Crippen molar-refractivity contribution in [3.63, 3.8) is 0 Å². The second-order valence-electron chi connectivity index (χ2n) is 5.82. The quantitative estimate of drug-likeness (QED) is 0.811. The third-order valence-corrected chi connectivity index (χ3v) is 4.72. The van der Waals surface area contributed by atoms with Gasteiger partial charge >= 0.3 is 0 Å². The lowest BCUT2D eigenvalue weighted by atomic mass is 9.99. The van der Waals surface area contributed by atoms with Crippen molar-refractivity contribution >= 4 is 34.8 Å². The van der Waals surface area contributed by atoms with Crippen molar-refractivity contribution in [1.82, 2.24) is 9.80 Å². The van der Waals surface area contributed by atoms with E-state index in [9.17, 15) is 4.79 Å². The van der Waals surface area contributed by atoms with E-state index >= 15 is 0 Å². The van der Waals surface area contributed by atoms with Crippen LogP contribution in [0.3, 0.4) is 0 Å². The molecule has 0 aromatic heterocycles. The number of amides is 1. The van der Waals surface area contributed by atoms with E-state index in [4.69, 9.17) is 28.9 Å². The van der Waals surface area contributed by atoms with Crippen LogP contribution in [0.1, 0.15) is 24.2 Å². The Labute approximate surface area is 129 Å². The molecule has 1 fully saturated rings. The van der Waals surface area contributed by atoms with Crippen molar-refractivity contribution in [3.8, 4) is 0 Å². The van der Waals surface area contributed by atoms with Gasteiger partial charge in [-0.25, -0.2) is 0 Å². The normalized spacial score (nSPS) is 19.1. The molecular formula is C14H19Cl2N3O. The third-order valence-electron chi connectivity index (χ3n) is 3.91. The summed E-state index contributed by atoms with van der Waals surface area (Å²) in [5, 5.41) is 0.602. The average Bonchev–Trinajstić information content (AvgIpc) is 2.37. The first-order valence-corrected chi connectivity index (χ1v) is 7.23. The summed E-state index contributed by atoms with van der Waals surface area (Å²) in [7, 11) is 2.07. The number of carbonyl (C=O) groups excluding carboxylic acids is 1. The fraction of sp³-hybridized carbons (Fsp3) is 0.500. The van der Waals surface area contributed by atoms with Crippen LogP contribution < -0.4 is 5.73 Å². The summed E-state index contributed by atoms with van der Waals surface area (Å²) >= 11 is 11.9. The van der Waals surface area contributed by atoms with Crippen molar-refractivity contribution in [2.24, 2.45) is 0 Å². The van der Waals surface area contributed by atoms with Crippen LogP contribution in [0.4, 0.5) is 5.69 Å². The fourth-order valence-electron chi connectivity index (χ4n) is 2.33. The molecule has 0 saturated carbocycles. The van der Waals surface area contributed by atoms with Gasteiger partial charge in [0.05, 0.1) is 15.7 Å². The van der Waals surface area contributed by atoms with Crippen LogP contribution in [0.5, 0.6) is 0 Å². The highest BCUT2D eigenvalue weighted by molar-refractivity contribution is 6.43. The molecule has 1 heterocycles. The molecule has 6 heteroatoms. The Balaban J connectivity index is 2.24. The lowest BCUT2D eigenvalue weighted by Gasteiger charge is -2.45. The first kappa shape index (κ1) is 15.4. The van der Waals surface area contributed by atoms with E-state index in [1.165, 1.54) is 0 Å². The first-order valence-electron chi connectivity index (χ1n) is 6.47. The number of halogens is 2. The molecule has 0 spiro atoms. The minimum absolute atomic E-state index is 0.0460. The van der Waals surface area contributed by atoms with E-state index in [1.807, 2.05) is 4.90 Å². The van der Waals surface area contributed by atoms with E-state index in [1.54, 1.807) is 12.1 Å². The monoisotopic (exact) mass is 315 g/mol. The summed E-state index contributed by atoms with van der Waals surface area (Å²) in [6.07, 6.45) is 0. The molecule has 2 N–H and O–H groups in total. The van der Waals surface area contributed by atoms with Crippen LogP contribution >= 0.6 is 23.2 Å². The van der Waals surface area contributed by atoms with Crippen LogP contribution in [-0.4, -0.2) is 47.9 Å². The number of nitrogens with zero attached hydrogens (tertiary/aromatic N) is 2. The molecule has 0 bridgehead atoms. The zero-order valence-electron chi connectivity index (χ0n) is 11.9. The minimum Gasteiger partial charge on any atom is -0.397 e. The van der Waals surface area contributed by atoms with E-state index in [2.05, 4.69) is 25.8 Å². The third kappa shape index (κ3) is 2.87. The Bertz CT molecular complexity index is 522. The van der Waals surface area contributed by atoms with Crippen molar-refractivity contribution in [2.45, 2.75) is 19.4 Å². The molecule has 110 valence electrons. The SMILES string of the molecule is CN1CCN(C(=O)c2cc(N)c(Cl)c(Cl)c2)CC1(C)C. The Hall–Kier alpha value is -0.970. The molecule has 1 saturated heterocycles. The van der Waals surface area contributed by atoms with Gasteiger partial charge in [-0.2, -0.15) is 0 Å². The summed E-state index contributed by atoms with van der Waals surface area (Å²) in [5.41, 5.74) is 6.54. The van der Waals surface area contributed by atoms with Gasteiger partial charge in [-0.05, 0) is 33.0 Å². The predicted molar refractivity (Wildman–Crippen MR) is 83.5 cm³/mol. The van der Waals surface area contributed by atoms with Gasteiger partial charge in [0.2, 0.25) is 0 Å². The fourth-order valence-corrected chi connectivity index (χ4v) is 2.67. The van der Waals surface area contributed by atoms with Crippen molar-refractivity contribution in [3.05, 3.63) is 27.7 Å². The zero-order valence-corrected chi connectivity index (χ0v) is 13.4. The Morgan fingerprint density at radius 3 is 2.50 bits per heavy atom. The molecule has 0 atom stereocenters. The van der Waals surface area contributed by atoms with Crippen LogP contribution in [0.15, 0.2) is 12.1 Å². The molecule has 2 rings (SSSR count). The van der Waals surface area contributed by atoms with E-state index in [0.717, 1.165) is 6.54 Å². The molecule has 0 aliphatic carbocycles. The number of piperazine rings is 1. The minimum atomic E-state index is -0.0589. The smallest absolute Gasteiger partial charge is 0.254 e. The largest absolute Gasteiger partial charge is 0.397 e. The summed E-state index contributed by atoms with van der Waals surface area (Å²) in [4.78, 5) is 16.6. The Morgan fingerprint density at radius 2 is 1.95 bits per heavy atom. The number of carbonyl (C=O) groups is 1. The molecule has 1 aromatic rings. The van der Waals surface area contributed by atoms with Crippen molar-refractivity contribution in [2.75, 3.05) is 32.4 Å². The molecular weight excluding hydrogens is 297 g/mol. The molecule has 0 radical (unpaired) electrons. The lowest BCUT2D eigenvalue weighted by molar-refractivity contribution is 0.0311. The van der Waals surface area contributed by atoms with Gasteiger partial charge in [0, 0.05) is 30.7 Å². The number of likely N-dealkylation sites (N-methyl/N-ethyl adjacent to an activating group) is 1. The van der Waals surface area contributed by atoms with Crippen LogP contribution in [0, 0.1) is 0 Å². The maximum absolute atomic E-state index is 12.6. The van der Waals surface area contributed by atoms with E-state index in [-0.39, 0.29) is 11.4 Å². The maximum Gasteiger partial charge on any atom is 0.254 e. The average molecular weight is 316 g/mol. The molecule has 4 nitrogen and oxygen atoms in total. The molecule has 1 aliphatic heterocycles. The van der Waals surface area contributed by atoms with Crippen LogP contribution in [0.2, 0.25) is 10.0 Å². The Kier molecular flexibility index (Phi) is 4.19. The molecule has 0 unspecified atom stereocenters. The maximum atomic E-state index is 12.6. The lowest BCUT2D eigenvalue weighted by Crippen LogP contribution is -2.58. The summed E-state index contributed by atoms with van der Waals surface area (Å²) < 4.78 is 0. The number of nitrogens with two attached hydrogens (primary N) is 1. The number of benzene rings is 1. The summed E-state index contributed by atoms with van der Waals surface area (Å²) in [5.74, 6) is -0.0589. The second-order valence-corrected chi connectivity index (χ2v) is 6.61. The van der Waals surface area contributed by atoms with Gasteiger partial charge in [-0.1, -0.05) is 23.2 Å². The van der Waals surface area contributed by atoms with Gasteiger partial charge in [-0.3, -0.25) is 9.69 Å². The van der Waals surface area contributed by atoms with Gasteiger partial charge in [0.1, 0.15) is 0 Å². The highest BCUT2D eigenvalue weighted by Crippen LogP contribution is 2.30. The summed E-state index contributed by atoms with van der Waals surface area (Å²) in [6, 6.07) is 3.16. The number of rotatable bonds is 1. The van der Waals surface area contributed by atoms with Crippen molar-refractivity contribution in [1.29, 1.82) is 0 Å². The number of hydrogen-bond donors (Lipinski definition) is 1. The standard InChI is InChI=1S/C14H19Cl2N3O/c1-14(2)8-19(5-4-18(14)3)13(20)9-6-10(15)12(16)11(17)7-9/h6-7H,4-5,8,17H2,1-3H3. The highest BCUT2D eigenvalue weighted by atomic mass is 35.5. The highest BCUT2D eigenvalue weighted by Gasteiger charge is 2.33. The number of anilines is 1. The van der Waals surface area contributed by atoms with Gasteiger partial charge in [0.25, 0.3) is 5.91 Å². The van der Waals surface area contributed by atoms with Crippen LogP contribution in [0.25, 0.3) is 0 Å². The van der Waals surface area contributed by atoms with E-state index < -0.39 is 0 Å². The molecule has 1 aliphatic rings. The van der Waals surface area contributed by atoms with Gasteiger partial charge in [-0.15, -0.1) is 0 Å². The topological polar surface area (TPSA) is 49.6 Å². The first-order chi connectivity index (χ1) is 9.22. The van der Waals surface area contributed by atoms with E-state index in [0.29, 0.717) is 34.4 Å². The van der Waals surface area contributed by atoms with Gasteiger partial charge < -0.3 is 10.6 Å². The molecule has 20 heavy (non-hydrogen) atoms. The predicted octanol–water partition coefficient (Wildman–Crippen LogP) is 2.74. The second kappa shape index (κ2) is 5.43. The van der Waals surface area contributed by atoms with Gasteiger partial charge in [0.15, 0.2) is 0 Å². The zero-order chi connectivity index (χ0) is 15.1. The van der Waals surface area contributed by atoms with Crippen molar-refractivity contribution < 1.29 is 4.79 Å².